The molecule has 0 atom stereocenters. The molecule has 1 fully saturated rings. The Morgan fingerprint density at radius 3 is 2.43 bits per heavy atom. The fourth-order valence-corrected chi connectivity index (χ4v) is 4.07. The minimum absolute atomic E-state index is 0.126. The van der Waals surface area contributed by atoms with Crippen LogP contribution in [0.15, 0.2) is 21.9 Å². The zero-order valence-corrected chi connectivity index (χ0v) is 14.4. The van der Waals surface area contributed by atoms with Gasteiger partial charge in [-0.05, 0) is 13.8 Å². The molecule has 0 bridgehead atoms. The first kappa shape index (κ1) is 16.2. The van der Waals surface area contributed by atoms with Crippen molar-refractivity contribution in [3.8, 4) is 0 Å². The van der Waals surface area contributed by atoms with Crippen LogP contribution in [0.25, 0.3) is 0 Å². The van der Waals surface area contributed by atoms with Gasteiger partial charge in [0, 0.05) is 51.5 Å². The number of piperazine rings is 1. The fraction of sp³-hybridized carbons (Fsp3) is 0.571. The van der Waals surface area contributed by atoms with Crippen molar-refractivity contribution in [1.29, 1.82) is 0 Å². The fourth-order valence-electron chi connectivity index (χ4n) is 2.62. The van der Waals surface area contributed by atoms with Crippen LogP contribution in [0.2, 0.25) is 0 Å². The predicted octanol–water partition coefficient (Wildman–Crippen LogP) is 0.531. The van der Waals surface area contributed by atoms with E-state index in [0.717, 1.165) is 17.9 Å². The molecule has 126 valence electrons. The molecule has 8 nitrogen and oxygen atoms in total. The smallest absolute Gasteiger partial charge is 0.262 e. The van der Waals surface area contributed by atoms with E-state index in [-0.39, 0.29) is 5.03 Å². The van der Waals surface area contributed by atoms with Gasteiger partial charge in [-0.2, -0.15) is 4.31 Å². The summed E-state index contributed by atoms with van der Waals surface area (Å²) in [6.45, 7) is 6.67. The number of hydrogen-bond donors (Lipinski definition) is 0. The molecule has 0 spiro atoms. The highest BCUT2D eigenvalue weighted by Crippen LogP contribution is 2.18. The summed E-state index contributed by atoms with van der Waals surface area (Å²) in [7, 11) is -1.72. The summed E-state index contributed by atoms with van der Waals surface area (Å²) in [4.78, 5) is 6.35. The number of imidazole rings is 1. The third-order valence-electron chi connectivity index (χ3n) is 4.27. The Morgan fingerprint density at radius 1 is 1.22 bits per heavy atom. The largest absolute Gasteiger partial charge is 0.361 e. The van der Waals surface area contributed by atoms with E-state index < -0.39 is 10.0 Å². The van der Waals surface area contributed by atoms with Crippen LogP contribution in [0, 0.1) is 13.8 Å². The summed E-state index contributed by atoms with van der Waals surface area (Å²) in [5.41, 5.74) is 1.04. The van der Waals surface area contributed by atoms with Gasteiger partial charge in [-0.15, -0.1) is 0 Å². The number of rotatable bonds is 4. The second-order valence-corrected chi connectivity index (χ2v) is 7.71. The first-order chi connectivity index (χ1) is 10.9. The summed E-state index contributed by atoms with van der Waals surface area (Å²) >= 11 is 0. The molecule has 0 aliphatic carbocycles. The molecular formula is C14H21N5O3S. The Bertz CT molecular complexity index is 768. The van der Waals surface area contributed by atoms with E-state index in [1.165, 1.54) is 4.31 Å². The van der Waals surface area contributed by atoms with Crippen LogP contribution >= 0.6 is 0 Å². The van der Waals surface area contributed by atoms with Gasteiger partial charge >= 0.3 is 0 Å². The molecule has 0 N–H and O–H groups in total. The zero-order valence-electron chi connectivity index (χ0n) is 13.6. The van der Waals surface area contributed by atoms with Gasteiger partial charge in [0.15, 0.2) is 5.03 Å². The standard InChI is InChI=1S/C14H21N5O3S/c1-11-13(8-15-22-11)9-18-4-6-19(7-5-18)23(20,21)14-10-17(3)12(2)16-14/h8,10H,4-7,9H2,1-3H3. The summed E-state index contributed by atoms with van der Waals surface area (Å²) in [5, 5.41) is 3.90. The van der Waals surface area contributed by atoms with Crippen molar-refractivity contribution in [2.45, 2.75) is 25.4 Å². The Morgan fingerprint density at radius 2 is 1.91 bits per heavy atom. The van der Waals surface area contributed by atoms with Gasteiger partial charge in [-0.1, -0.05) is 5.16 Å². The minimum atomic E-state index is -3.51. The molecular weight excluding hydrogens is 318 g/mol. The van der Waals surface area contributed by atoms with E-state index in [1.807, 2.05) is 6.92 Å². The van der Waals surface area contributed by atoms with E-state index in [2.05, 4.69) is 15.0 Å². The second-order valence-electron chi connectivity index (χ2n) is 5.82. The van der Waals surface area contributed by atoms with E-state index in [0.29, 0.717) is 32.0 Å². The third kappa shape index (κ3) is 3.17. The highest BCUT2D eigenvalue weighted by Gasteiger charge is 2.30. The second kappa shape index (κ2) is 6.06. The Labute approximate surface area is 135 Å². The lowest BCUT2D eigenvalue weighted by Gasteiger charge is -2.33. The minimum Gasteiger partial charge on any atom is -0.361 e. The predicted molar refractivity (Wildman–Crippen MR) is 83.2 cm³/mol. The molecule has 1 aliphatic heterocycles. The molecule has 3 rings (SSSR count). The van der Waals surface area contributed by atoms with E-state index in [9.17, 15) is 8.42 Å². The lowest BCUT2D eigenvalue weighted by molar-refractivity contribution is 0.180. The zero-order chi connectivity index (χ0) is 16.6. The van der Waals surface area contributed by atoms with Gasteiger partial charge in [0.1, 0.15) is 11.6 Å². The number of sulfonamides is 1. The van der Waals surface area contributed by atoms with Crippen molar-refractivity contribution in [2.75, 3.05) is 26.2 Å². The average molecular weight is 339 g/mol. The van der Waals surface area contributed by atoms with Crippen molar-refractivity contribution < 1.29 is 12.9 Å². The van der Waals surface area contributed by atoms with Crippen molar-refractivity contribution >= 4 is 10.0 Å². The van der Waals surface area contributed by atoms with Gasteiger partial charge in [-0.3, -0.25) is 4.90 Å². The Hall–Kier alpha value is -1.71. The van der Waals surface area contributed by atoms with Crippen LogP contribution in [-0.4, -0.2) is 58.5 Å². The number of aromatic nitrogens is 3. The van der Waals surface area contributed by atoms with Crippen molar-refractivity contribution in [3.63, 3.8) is 0 Å². The Kier molecular flexibility index (Phi) is 4.26. The number of hydrogen-bond acceptors (Lipinski definition) is 6. The van der Waals surface area contributed by atoms with E-state index in [1.54, 1.807) is 30.9 Å². The highest BCUT2D eigenvalue weighted by atomic mass is 32.2. The van der Waals surface area contributed by atoms with Crippen LogP contribution in [-0.2, 0) is 23.6 Å². The molecule has 1 saturated heterocycles. The third-order valence-corrected chi connectivity index (χ3v) is 6.04. The van der Waals surface area contributed by atoms with Crippen LogP contribution in [0.5, 0.6) is 0 Å². The first-order valence-corrected chi connectivity index (χ1v) is 8.94. The summed E-state index contributed by atoms with van der Waals surface area (Å²) in [6.07, 6.45) is 3.28. The molecule has 2 aromatic rings. The Balaban J connectivity index is 1.65. The van der Waals surface area contributed by atoms with E-state index in [4.69, 9.17) is 4.52 Å². The molecule has 0 radical (unpaired) electrons. The lowest BCUT2D eigenvalue weighted by Crippen LogP contribution is -2.48. The van der Waals surface area contributed by atoms with Gasteiger partial charge in [-0.25, -0.2) is 13.4 Å². The highest BCUT2D eigenvalue weighted by molar-refractivity contribution is 7.89. The number of nitrogens with zero attached hydrogens (tertiary/aromatic N) is 5. The van der Waals surface area contributed by atoms with Gasteiger partial charge in [0.25, 0.3) is 10.0 Å². The van der Waals surface area contributed by atoms with Crippen LogP contribution in [0.1, 0.15) is 17.1 Å². The van der Waals surface area contributed by atoms with Gasteiger partial charge in [0.05, 0.1) is 6.20 Å². The maximum atomic E-state index is 12.6. The monoisotopic (exact) mass is 339 g/mol. The van der Waals surface area contributed by atoms with Crippen molar-refractivity contribution in [3.05, 3.63) is 29.5 Å². The summed E-state index contributed by atoms with van der Waals surface area (Å²) in [6, 6.07) is 0. The molecule has 0 saturated carbocycles. The number of aryl methyl sites for hydroxylation is 3. The molecule has 0 unspecified atom stereocenters. The average Bonchev–Trinajstić information content (AvgIpc) is 3.07. The molecule has 23 heavy (non-hydrogen) atoms. The van der Waals surface area contributed by atoms with Gasteiger partial charge < -0.3 is 9.09 Å². The maximum Gasteiger partial charge on any atom is 0.262 e. The molecule has 1 aliphatic rings. The lowest BCUT2D eigenvalue weighted by atomic mass is 10.2. The molecule has 0 aromatic carbocycles. The molecule has 3 heterocycles. The normalized spacial score (nSPS) is 17.7. The van der Waals surface area contributed by atoms with Gasteiger partial charge in [0.2, 0.25) is 0 Å². The SMILES string of the molecule is Cc1oncc1CN1CCN(S(=O)(=O)c2cn(C)c(C)n2)CC1. The maximum absolute atomic E-state index is 12.6. The quantitative estimate of drug-likeness (QED) is 0.808. The summed E-state index contributed by atoms with van der Waals surface area (Å²) in [5.74, 6) is 1.49. The first-order valence-electron chi connectivity index (χ1n) is 7.50. The topological polar surface area (TPSA) is 84.5 Å². The van der Waals surface area contributed by atoms with Crippen LogP contribution in [0.4, 0.5) is 0 Å². The molecule has 9 heteroatoms. The van der Waals surface area contributed by atoms with Crippen molar-refractivity contribution in [1.82, 2.24) is 23.9 Å². The van der Waals surface area contributed by atoms with Crippen molar-refractivity contribution in [2.24, 2.45) is 7.05 Å². The molecule has 2 aromatic heterocycles. The summed E-state index contributed by atoms with van der Waals surface area (Å²) < 4.78 is 33.6. The molecule has 0 amide bonds. The van der Waals surface area contributed by atoms with E-state index >= 15 is 0 Å². The van der Waals surface area contributed by atoms with Crippen LogP contribution < -0.4 is 0 Å². The van der Waals surface area contributed by atoms with Crippen LogP contribution in [0.3, 0.4) is 0 Å².